The molecule has 5 heteroatoms. The monoisotopic (exact) mass is 366 g/mol. The Morgan fingerprint density at radius 1 is 1.35 bits per heavy atom. The Hall–Kier alpha value is -2.40. The minimum atomic E-state index is -0.168. The summed E-state index contributed by atoms with van der Waals surface area (Å²) in [6.07, 6.45) is 3.53. The number of nitrogens with zero attached hydrogens (tertiary/aromatic N) is 2. The Bertz CT molecular complexity index is 1020. The molecule has 4 rings (SSSR count). The van der Waals surface area contributed by atoms with Crippen molar-refractivity contribution < 1.29 is 4.79 Å². The number of benzene rings is 1. The number of amides is 1. The van der Waals surface area contributed by atoms with Gasteiger partial charge in [-0.05, 0) is 53.8 Å². The van der Waals surface area contributed by atoms with Crippen molar-refractivity contribution in [3.05, 3.63) is 68.1 Å². The summed E-state index contributed by atoms with van der Waals surface area (Å²) in [6.45, 7) is 5.47. The van der Waals surface area contributed by atoms with Crippen LogP contribution in [0.2, 0.25) is 0 Å². The van der Waals surface area contributed by atoms with E-state index < -0.39 is 0 Å². The molecule has 0 fully saturated rings. The maximum atomic E-state index is 13.3. The molecular formula is C21H22N2O2S. The van der Waals surface area contributed by atoms with Crippen LogP contribution in [0.25, 0.3) is 10.9 Å². The summed E-state index contributed by atoms with van der Waals surface area (Å²) in [7, 11) is 0. The van der Waals surface area contributed by atoms with Crippen molar-refractivity contribution in [1.82, 2.24) is 9.47 Å². The van der Waals surface area contributed by atoms with Crippen LogP contribution in [-0.4, -0.2) is 21.4 Å². The molecule has 0 saturated heterocycles. The molecule has 0 bridgehead atoms. The van der Waals surface area contributed by atoms with Crippen LogP contribution in [0.3, 0.4) is 0 Å². The summed E-state index contributed by atoms with van der Waals surface area (Å²) in [6, 6.07) is 7.93. The van der Waals surface area contributed by atoms with Gasteiger partial charge in [0.15, 0.2) is 0 Å². The highest BCUT2D eigenvalue weighted by Crippen LogP contribution is 2.25. The SMILES string of the molecule is CC[C@@H](C)N(Cc1ccsc1)C(=O)c1cn2c3c(cccc3c1=O)CC2. The third kappa shape index (κ3) is 2.76. The van der Waals surface area contributed by atoms with Crippen molar-refractivity contribution >= 4 is 28.1 Å². The summed E-state index contributed by atoms with van der Waals surface area (Å²) in [5.74, 6) is -0.168. The predicted octanol–water partition coefficient (Wildman–Crippen LogP) is 4.06. The zero-order chi connectivity index (χ0) is 18.3. The smallest absolute Gasteiger partial charge is 0.259 e. The second kappa shape index (κ2) is 6.72. The van der Waals surface area contributed by atoms with E-state index >= 15 is 0 Å². The lowest BCUT2D eigenvalue weighted by atomic mass is 10.1. The van der Waals surface area contributed by atoms with Gasteiger partial charge in [-0.2, -0.15) is 11.3 Å². The molecule has 4 nitrogen and oxygen atoms in total. The van der Waals surface area contributed by atoms with Crippen LogP contribution < -0.4 is 5.43 Å². The second-order valence-electron chi connectivity index (χ2n) is 6.95. The van der Waals surface area contributed by atoms with Gasteiger partial charge in [-0.1, -0.05) is 19.1 Å². The van der Waals surface area contributed by atoms with E-state index in [9.17, 15) is 9.59 Å². The molecule has 0 spiro atoms. The number of hydrogen-bond acceptors (Lipinski definition) is 3. The quantitative estimate of drug-likeness (QED) is 0.683. The van der Waals surface area contributed by atoms with Gasteiger partial charge in [0.2, 0.25) is 5.43 Å². The summed E-state index contributed by atoms with van der Waals surface area (Å²) in [5, 5.41) is 4.73. The molecule has 0 aliphatic carbocycles. The fourth-order valence-corrected chi connectivity index (χ4v) is 4.35. The lowest BCUT2D eigenvalue weighted by Crippen LogP contribution is -2.40. The van der Waals surface area contributed by atoms with Gasteiger partial charge >= 0.3 is 0 Å². The fourth-order valence-electron chi connectivity index (χ4n) is 3.69. The number of pyridine rings is 1. The van der Waals surface area contributed by atoms with Gasteiger partial charge in [0.25, 0.3) is 5.91 Å². The largest absolute Gasteiger partial charge is 0.346 e. The van der Waals surface area contributed by atoms with Crippen LogP contribution in [0.5, 0.6) is 0 Å². The zero-order valence-electron chi connectivity index (χ0n) is 15.1. The van der Waals surface area contributed by atoms with Gasteiger partial charge in [0, 0.05) is 30.7 Å². The third-order valence-electron chi connectivity index (χ3n) is 5.35. The van der Waals surface area contributed by atoms with Gasteiger partial charge < -0.3 is 9.47 Å². The normalized spacial score (nSPS) is 13.9. The van der Waals surface area contributed by atoms with E-state index in [-0.39, 0.29) is 22.9 Å². The number of carbonyl (C=O) groups excluding carboxylic acids is 1. The van der Waals surface area contributed by atoms with Gasteiger partial charge in [-0.15, -0.1) is 0 Å². The van der Waals surface area contributed by atoms with E-state index in [0.717, 1.165) is 30.5 Å². The van der Waals surface area contributed by atoms with Gasteiger partial charge in [-0.3, -0.25) is 9.59 Å². The third-order valence-corrected chi connectivity index (χ3v) is 6.08. The molecule has 0 unspecified atom stereocenters. The Morgan fingerprint density at radius 2 is 2.19 bits per heavy atom. The van der Waals surface area contributed by atoms with Crippen molar-refractivity contribution in [2.75, 3.05) is 0 Å². The highest BCUT2D eigenvalue weighted by Gasteiger charge is 2.26. The maximum Gasteiger partial charge on any atom is 0.259 e. The Labute approximate surface area is 156 Å². The molecular weight excluding hydrogens is 344 g/mol. The number of rotatable bonds is 5. The van der Waals surface area contributed by atoms with Crippen molar-refractivity contribution in [2.24, 2.45) is 0 Å². The van der Waals surface area contributed by atoms with E-state index in [4.69, 9.17) is 0 Å². The van der Waals surface area contributed by atoms with Gasteiger partial charge in [0.05, 0.1) is 5.52 Å². The van der Waals surface area contributed by atoms with Crippen LogP contribution in [0, 0.1) is 0 Å². The number of hydrogen-bond donors (Lipinski definition) is 0. The maximum absolute atomic E-state index is 13.3. The topological polar surface area (TPSA) is 42.3 Å². The van der Waals surface area contributed by atoms with E-state index in [1.807, 2.05) is 35.4 Å². The number of para-hydroxylation sites is 1. The van der Waals surface area contributed by atoms with E-state index in [0.29, 0.717) is 11.9 Å². The Balaban J connectivity index is 1.79. The van der Waals surface area contributed by atoms with E-state index in [2.05, 4.69) is 22.9 Å². The predicted molar refractivity (Wildman–Crippen MR) is 106 cm³/mol. The molecule has 3 heterocycles. The number of aryl methyl sites for hydroxylation is 2. The second-order valence-corrected chi connectivity index (χ2v) is 7.73. The molecule has 0 saturated carbocycles. The standard InChI is InChI=1S/C21H22N2O2S/c1-3-14(2)23(11-15-8-10-26-13-15)21(25)18-12-22-9-7-16-5-4-6-17(19(16)22)20(18)24/h4-6,8,10,12-14H,3,7,9,11H2,1-2H3/t14-/m1/s1. The Morgan fingerprint density at radius 3 is 2.92 bits per heavy atom. The summed E-state index contributed by atoms with van der Waals surface area (Å²) >= 11 is 1.62. The number of thiophene rings is 1. The first kappa shape index (κ1) is 17.0. The fraction of sp³-hybridized carbons (Fsp3) is 0.333. The molecule has 26 heavy (non-hydrogen) atoms. The summed E-state index contributed by atoms with van der Waals surface area (Å²) in [4.78, 5) is 28.2. The average Bonchev–Trinajstić information content (AvgIpc) is 3.32. The highest BCUT2D eigenvalue weighted by atomic mass is 32.1. The molecule has 134 valence electrons. The molecule has 1 aromatic carbocycles. The van der Waals surface area contributed by atoms with E-state index in [1.165, 1.54) is 5.56 Å². The molecule has 1 aliphatic heterocycles. The van der Waals surface area contributed by atoms with Crippen molar-refractivity contribution in [3.8, 4) is 0 Å². The van der Waals surface area contributed by atoms with Crippen LogP contribution in [0.1, 0.15) is 41.8 Å². The van der Waals surface area contributed by atoms with Gasteiger partial charge in [-0.25, -0.2) is 0 Å². The average molecular weight is 366 g/mol. The van der Waals surface area contributed by atoms with Crippen LogP contribution in [0.4, 0.5) is 0 Å². The van der Waals surface area contributed by atoms with E-state index in [1.54, 1.807) is 17.5 Å². The molecule has 2 aromatic heterocycles. The molecule has 0 N–H and O–H groups in total. The van der Waals surface area contributed by atoms with Crippen LogP contribution >= 0.6 is 11.3 Å². The minimum absolute atomic E-state index is 0.0717. The lowest BCUT2D eigenvalue weighted by molar-refractivity contribution is 0.0670. The number of carbonyl (C=O) groups is 1. The number of aromatic nitrogens is 1. The van der Waals surface area contributed by atoms with Gasteiger partial charge in [0.1, 0.15) is 5.56 Å². The summed E-state index contributed by atoms with van der Waals surface area (Å²) in [5.41, 5.74) is 3.42. The van der Waals surface area contributed by atoms with Crippen molar-refractivity contribution in [1.29, 1.82) is 0 Å². The van der Waals surface area contributed by atoms with Crippen molar-refractivity contribution in [2.45, 2.75) is 45.8 Å². The molecule has 1 atom stereocenters. The first-order valence-corrected chi connectivity index (χ1v) is 10.0. The molecule has 1 aliphatic rings. The van der Waals surface area contributed by atoms with Crippen LogP contribution in [-0.2, 0) is 19.5 Å². The first-order chi connectivity index (χ1) is 12.6. The first-order valence-electron chi connectivity index (χ1n) is 9.07. The van der Waals surface area contributed by atoms with Crippen molar-refractivity contribution in [3.63, 3.8) is 0 Å². The molecule has 3 aromatic rings. The lowest BCUT2D eigenvalue weighted by Gasteiger charge is -2.28. The minimum Gasteiger partial charge on any atom is -0.346 e. The molecule has 0 radical (unpaired) electrons. The molecule has 1 amide bonds. The summed E-state index contributed by atoms with van der Waals surface area (Å²) < 4.78 is 2.07. The Kier molecular flexibility index (Phi) is 4.41. The zero-order valence-corrected chi connectivity index (χ0v) is 15.9. The van der Waals surface area contributed by atoms with Crippen LogP contribution in [0.15, 0.2) is 46.0 Å². The highest BCUT2D eigenvalue weighted by molar-refractivity contribution is 7.07.